The molecule has 3 aromatic rings. The molecular formula is C29H31ClFN5O3. The summed E-state index contributed by atoms with van der Waals surface area (Å²) in [7, 11) is 0. The number of amides is 1. The minimum absolute atomic E-state index is 0.00595. The smallest absolute Gasteiger partial charge is 0.248 e. The maximum Gasteiger partial charge on any atom is 0.248 e. The highest BCUT2D eigenvalue weighted by atomic mass is 35.5. The third-order valence-corrected chi connectivity index (χ3v) is 7.88. The number of nitrogens with zero attached hydrogens (tertiary/aromatic N) is 3. The summed E-state index contributed by atoms with van der Waals surface area (Å²) in [6, 6.07) is 7.99. The fourth-order valence-electron chi connectivity index (χ4n) is 5.59. The average Bonchev–Trinajstić information content (AvgIpc) is 3.56. The molecule has 8 nitrogen and oxygen atoms in total. The SMILES string of the molecule is O=C(C=CCN1CCCCC1)Nc1cc2c(Nc3ccc(F)c(Cl)c3)ncnc2cc1OC1CC2CCC1O2. The highest BCUT2D eigenvalue weighted by Crippen LogP contribution is 2.40. The number of halogens is 2. The number of rotatable bonds is 8. The predicted molar refractivity (Wildman–Crippen MR) is 149 cm³/mol. The molecule has 3 aliphatic heterocycles. The number of benzene rings is 2. The number of fused-ring (bicyclic) bond motifs is 3. The molecule has 6 rings (SSSR count). The quantitative estimate of drug-likeness (QED) is 0.340. The van der Waals surface area contributed by atoms with Gasteiger partial charge >= 0.3 is 0 Å². The van der Waals surface area contributed by atoms with E-state index in [2.05, 4.69) is 25.5 Å². The Labute approximate surface area is 231 Å². The van der Waals surface area contributed by atoms with Crippen LogP contribution in [0.25, 0.3) is 10.9 Å². The lowest BCUT2D eigenvalue weighted by Crippen LogP contribution is -2.29. The van der Waals surface area contributed by atoms with Crippen LogP contribution in [-0.4, -0.2) is 58.7 Å². The number of aromatic nitrogens is 2. The van der Waals surface area contributed by atoms with Gasteiger partial charge in [-0.15, -0.1) is 0 Å². The Kier molecular flexibility index (Phi) is 7.63. The molecule has 10 heteroatoms. The maximum atomic E-state index is 13.7. The van der Waals surface area contributed by atoms with E-state index in [4.69, 9.17) is 21.1 Å². The zero-order chi connectivity index (χ0) is 26.8. The highest BCUT2D eigenvalue weighted by Gasteiger charge is 2.42. The molecule has 204 valence electrons. The molecule has 0 aliphatic carbocycles. The first kappa shape index (κ1) is 26.0. The Morgan fingerprint density at radius 3 is 2.82 bits per heavy atom. The van der Waals surface area contributed by atoms with Crippen LogP contribution in [-0.2, 0) is 9.53 Å². The normalized spacial score (nSPS) is 23.0. The molecule has 3 aliphatic rings. The summed E-state index contributed by atoms with van der Waals surface area (Å²) in [6.45, 7) is 2.88. The fraction of sp³-hybridized carbons (Fsp3) is 0.414. The van der Waals surface area contributed by atoms with Gasteiger partial charge in [0.05, 0.1) is 28.4 Å². The summed E-state index contributed by atoms with van der Waals surface area (Å²) in [5.74, 6) is 0.293. The van der Waals surface area contributed by atoms with Crippen molar-refractivity contribution in [2.45, 2.75) is 56.8 Å². The number of hydrogen-bond acceptors (Lipinski definition) is 7. The van der Waals surface area contributed by atoms with Crippen molar-refractivity contribution in [2.75, 3.05) is 30.3 Å². The number of carbonyl (C=O) groups excluding carboxylic acids is 1. The van der Waals surface area contributed by atoms with Crippen LogP contribution < -0.4 is 15.4 Å². The van der Waals surface area contributed by atoms with Crippen LogP contribution in [0.15, 0.2) is 48.8 Å². The van der Waals surface area contributed by atoms with Crippen LogP contribution in [0, 0.1) is 5.82 Å². The van der Waals surface area contributed by atoms with Crippen molar-refractivity contribution in [3.63, 3.8) is 0 Å². The molecule has 3 fully saturated rings. The van der Waals surface area contributed by atoms with Gasteiger partial charge in [0.2, 0.25) is 5.91 Å². The van der Waals surface area contributed by atoms with Gasteiger partial charge in [-0.25, -0.2) is 14.4 Å². The number of likely N-dealkylation sites (tertiary alicyclic amines) is 1. The largest absolute Gasteiger partial charge is 0.485 e. The zero-order valence-electron chi connectivity index (χ0n) is 21.5. The van der Waals surface area contributed by atoms with Gasteiger partial charge < -0.3 is 20.1 Å². The number of carbonyl (C=O) groups is 1. The first-order valence-electron chi connectivity index (χ1n) is 13.5. The van der Waals surface area contributed by atoms with E-state index in [1.54, 1.807) is 12.1 Å². The summed E-state index contributed by atoms with van der Waals surface area (Å²) < 4.78 is 26.1. The molecule has 4 heterocycles. The summed E-state index contributed by atoms with van der Waals surface area (Å²) >= 11 is 5.97. The topological polar surface area (TPSA) is 88.6 Å². The van der Waals surface area contributed by atoms with Crippen molar-refractivity contribution in [3.8, 4) is 5.75 Å². The Bertz CT molecular complexity index is 1400. The van der Waals surface area contributed by atoms with Crippen LogP contribution in [0.2, 0.25) is 5.02 Å². The van der Waals surface area contributed by atoms with Gasteiger partial charge in [-0.3, -0.25) is 9.69 Å². The first-order chi connectivity index (χ1) is 19.0. The third kappa shape index (κ3) is 6.00. The summed E-state index contributed by atoms with van der Waals surface area (Å²) in [5.41, 5.74) is 1.73. The van der Waals surface area contributed by atoms with Crippen molar-refractivity contribution in [3.05, 3.63) is 59.7 Å². The molecule has 0 radical (unpaired) electrons. The van der Waals surface area contributed by atoms with Crippen molar-refractivity contribution in [1.82, 2.24) is 14.9 Å². The van der Waals surface area contributed by atoms with Crippen molar-refractivity contribution in [2.24, 2.45) is 0 Å². The van der Waals surface area contributed by atoms with E-state index in [9.17, 15) is 9.18 Å². The van der Waals surface area contributed by atoms with E-state index in [1.807, 2.05) is 18.2 Å². The van der Waals surface area contributed by atoms with Gasteiger partial charge in [-0.1, -0.05) is 24.1 Å². The van der Waals surface area contributed by atoms with Crippen LogP contribution in [0.3, 0.4) is 0 Å². The fourth-order valence-corrected chi connectivity index (χ4v) is 5.77. The van der Waals surface area contributed by atoms with Gasteiger partial charge in [0, 0.05) is 36.2 Å². The molecule has 2 bridgehead atoms. The third-order valence-electron chi connectivity index (χ3n) is 7.59. The van der Waals surface area contributed by atoms with Crippen molar-refractivity contribution in [1.29, 1.82) is 0 Å². The van der Waals surface area contributed by atoms with Gasteiger partial charge in [-0.05, 0) is 63.0 Å². The molecule has 2 aromatic carbocycles. The van der Waals surface area contributed by atoms with Crippen molar-refractivity contribution >= 4 is 45.6 Å². The molecule has 2 N–H and O–H groups in total. The standard InChI is InChI=1S/C29H31ClFN5O3/c30-21-13-18(6-8-22(21)31)34-29-20-15-24(35-28(37)5-4-12-36-10-2-1-3-11-36)26(16-23(20)32-17-33-29)39-27-14-19-7-9-25(27)38-19/h4-6,8,13,15-17,19,25,27H,1-3,7,9-12,14H2,(H,35,37)(H,32,33,34). The number of nitrogens with one attached hydrogen (secondary N) is 2. The Morgan fingerprint density at radius 1 is 1.18 bits per heavy atom. The Balaban J connectivity index is 1.27. The second-order valence-corrected chi connectivity index (χ2v) is 10.8. The van der Waals surface area contributed by atoms with Crippen LogP contribution in [0.5, 0.6) is 5.75 Å². The number of hydrogen-bond donors (Lipinski definition) is 2. The molecule has 3 unspecified atom stereocenters. The summed E-state index contributed by atoms with van der Waals surface area (Å²) in [4.78, 5) is 24.1. The zero-order valence-corrected chi connectivity index (χ0v) is 22.3. The number of piperidine rings is 1. The van der Waals surface area contributed by atoms with Gasteiger partial charge in [-0.2, -0.15) is 0 Å². The molecule has 3 atom stereocenters. The van der Waals surface area contributed by atoms with E-state index in [1.165, 1.54) is 37.7 Å². The molecule has 0 saturated carbocycles. The lowest BCUT2D eigenvalue weighted by Gasteiger charge is -2.24. The monoisotopic (exact) mass is 551 g/mol. The molecule has 1 aromatic heterocycles. The molecule has 1 amide bonds. The van der Waals surface area contributed by atoms with Crippen LogP contribution >= 0.6 is 11.6 Å². The predicted octanol–water partition coefficient (Wildman–Crippen LogP) is 5.85. The van der Waals surface area contributed by atoms with Crippen LogP contribution in [0.1, 0.15) is 38.5 Å². The highest BCUT2D eigenvalue weighted by molar-refractivity contribution is 6.31. The Hall–Kier alpha value is -3.27. The van der Waals surface area contributed by atoms with E-state index >= 15 is 0 Å². The van der Waals surface area contributed by atoms with Crippen LogP contribution in [0.4, 0.5) is 21.6 Å². The molecular weight excluding hydrogens is 521 g/mol. The molecule has 39 heavy (non-hydrogen) atoms. The van der Waals surface area contributed by atoms with E-state index in [0.29, 0.717) is 33.8 Å². The van der Waals surface area contributed by atoms with Gasteiger partial charge in [0.15, 0.2) is 0 Å². The first-order valence-corrected chi connectivity index (χ1v) is 13.9. The lowest BCUT2D eigenvalue weighted by molar-refractivity contribution is -0.111. The lowest BCUT2D eigenvalue weighted by atomic mass is 9.98. The summed E-state index contributed by atoms with van der Waals surface area (Å²) in [5, 5.41) is 6.86. The van der Waals surface area contributed by atoms with Gasteiger partial charge in [0.25, 0.3) is 0 Å². The average molecular weight is 552 g/mol. The summed E-state index contributed by atoms with van der Waals surface area (Å²) in [6.07, 6.45) is 11.7. The number of anilines is 3. The van der Waals surface area contributed by atoms with E-state index in [-0.39, 0.29) is 29.2 Å². The Morgan fingerprint density at radius 2 is 2.05 bits per heavy atom. The second-order valence-electron chi connectivity index (χ2n) is 10.4. The minimum Gasteiger partial charge on any atom is -0.485 e. The minimum atomic E-state index is -0.500. The molecule has 0 spiro atoms. The van der Waals surface area contributed by atoms with E-state index < -0.39 is 5.82 Å². The van der Waals surface area contributed by atoms with Gasteiger partial charge in [0.1, 0.15) is 29.8 Å². The van der Waals surface area contributed by atoms with Crippen molar-refractivity contribution < 1.29 is 18.7 Å². The second kappa shape index (κ2) is 11.5. The maximum absolute atomic E-state index is 13.7. The molecule has 3 saturated heterocycles. The number of ether oxygens (including phenoxy) is 2. The van der Waals surface area contributed by atoms with E-state index in [0.717, 1.165) is 38.9 Å².